The molecule has 4 heteroatoms. The van der Waals surface area contributed by atoms with Crippen molar-refractivity contribution < 1.29 is 0 Å². The van der Waals surface area contributed by atoms with E-state index in [0.29, 0.717) is 0 Å². The number of hydrogen-bond acceptors (Lipinski definition) is 2. The maximum Gasteiger partial charge on any atom is 0.0659 e. The Bertz CT molecular complexity index is 1620. The first-order valence-electron chi connectivity index (χ1n) is 11.2. The first-order chi connectivity index (χ1) is 16.0. The molecule has 0 unspecified atom stereocenters. The molecule has 0 radical (unpaired) electrons. The lowest BCUT2D eigenvalue weighted by molar-refractivity contribution is 1.28. The van der Waals surface area contributed by atoms with Gasteiger partial charge in [0.15, 0.2) is 0 Å². The Morgan fingerprint density at radius 2 is 1.12 bits per heavy atom. The van der Waals surface area contributed by atoms with Crippen LogP contribution in [0.5, 0.6) is 0 Å². The normalized spacial score (nSPS) is 12.5. The SMILES string of the molecule is Cc1cc(C)c(-c2cc3cc4ccc(cc5nc(cc6nc(cc2[nH]3)C=C6)C=C5)[nH]4)c(C)c1. The number of hydrogen-bond donors (Lipinski definition) is 2. The van der Waals surface area contributed by atoms with E-state index in [4.69, 9.17) is 9.97 Å². The van der Waals surface area contributed by atoms with Crippen molar-refractivity contribution in [3.63, 3.8) is 0 Å². The fraction of sp³-hybridized carbons (Fsp3) is 0.103. The number of rotatable bonds is 1. The van der Waals surface area contributed by atoms with Crippen molar-refractivity contribution in [1.29, 1.82) is 0 Å². The van der Waals surface area contributed by atoms with Crippen LogP contribution >= 0.6 is 0 Å². The van der Waals surface area contributed by atoms with Crippen molar-refractivity contribution in [1.82, 2.24) is 19.9 Å². The predicted octanol–water partition coefficient (Wildman–Crippen LogP) is 7.25. The molecule has 2 N–H and O–H groups in total. The van der Waals surface area contributed by atoms with Gasteiger partial charge in [-0.3, -0.25) is 0 Å². The number of benzene rings is 1. The van der Waals surface area contributed by atoms with Gasteiger partial charge in [0, 0.05) is 27.6 Å². The Hall–Kier alpha value is -4.18. The number of aromatic nitrogens is 4. The second-order valence-electron chi connectivity index (χ2n) is 8.86. The number of aromatic amines is 2. The monoisotopic (exact) mass is 428 g/mol. The average Bonchev–Trinajstić information content (AvgIpc) is 3.53. The Morgan fingerprint density at radius 3 is 1.79 bits per heavy atom. The van der Waals surface area contributed by atoms with Gasteiger partial charge in [0.25, 0.3) is 0 Å². The van der Waals surface area contributed by atoms with Crippen LogP contribution in [-0.2, 0) is 0 Å². The summed E-state index contributed by atoms with van der Waals surface area (Å²) in [6, 6.07) is 19.3. The molecule has 0 aliphatic carbocycles. The Labute approximate surface area is 192 Å². The minimum absolute atomic E-state index is 0.905. The van der Waals surface area contributed by atoms with Crippen LogP contribution in [0.15, 0.2) is 54.6 Å². The third-order valence-corrected chi connectivity index (χ3v) is 6.11. The number of fused-ring (bicyclic) bond motifs is 8. The molecule has 4 nitrogen and oxygen atoms in total. The molecule has 6 rings (SSSR count). The second-order valence-corrected chi connectivity index (χ2v) is 8.86. The van der Waals surface area contributed by atoms with Crippen LogP contribution in [0.2, 0.25) is 0 Å². The van der Waals surface area contributed by atoms with Crippen LogP contribution in [0.1, 0.15) is 39.5 Å². The minimum atomic E-state index is 0.905. The van der Waals surface area contributed by atoms with Gasteiger partial charge in [-0.25, -0.2) is 9.97 Å². The van der Waals surface area contributed by atoms with Gasteiger partial charge < -0.3 is 9.97 Å². The van der Waals surface area contributed by atoms with Gasteiger partial charge in [0.2, 0.25) is 0 Å². The van der Waals surface area contributed by atoms with E-state index in [9.17, 15) is 0 Å². The van der Waals surface area contributed by atoms with E-state index in [1.807, 2.05) is 24.3 Å². The Morgan fingerprint density at radius 1 is 0.545 bits per heavy atom. The zero-order chi connectivity index (χ0) is 22.5. The lowest BCUT2D eigenvalue weighted by Gasteiger charge is -2.10. The molecule has 2 aliphatic rings. The van der Waals surface area contributed by atoms with Gasteiger partial charge >= 0.3 is 0 Å². The molecule has 160 valence electrons. The van der Waals surface area contributed by atoms with Gasteiger partial charge in [0.05, 0.1) is 22.8 Å². The topological polar surface area (TPSA) is 57.4 Å². The zero-order valence-electron chi connectivity index (χ0n) is 18.9. The van der Waals surface area contributed by atoms with Crippen molar-refractivity contribution in [2.75, 3.05) is 0 Å². The summed E-state index contributed by atoms with van der Waals surface area (Å²) in [5.41, 5.74) is 14.1. The van der Waals surface area contributed by atoms with Gasteiger partial charge in [-0.2, -0.15) is 0 Å². The van der Waals surface area contributed by atoms with Crippen LogP contribution in [0.25, 0.3) is 57.5 Å². The van der Waals surface area contributed by atoms with E-state index >= 15 is 0 Å². The van der Waals surface area contributed by atoms with Gasteiger partial charge in [-0.05, 0) is 104 Å². The highest BCUT2D eigenvalue weighted by Gasteiger charge is 2.12. The zero-order valence-corrected chi connectivity index (χ0v) is 18.9. The molecule has 0 saturated heterocycles. The molecule has 4 aromatic rings. The number of nitrogens with one attached hydrogen (secondary N) is 2. The summed E-state index contributed by atoms with van der Waals surface area (Å²) >= 11 is 0. The minimum Gasteiger partial charge on any atom is -0.355 e. The maximum atomic E-state index is 4.81. The molecule has 3 aromatic heterocycles. The van der Waals surface area contributed by atoms with E-state index in [0.717, 1.165) is 44.8 Å². The molecule has 0 spiro atoms. The highest BCUT2D eigenvalue weighted by Crippen LogP contribution is 2.33. The standard InChI is InChI=1S/C29H24N4/c1-17-10-18(2)29(19(3)11-17)27-15-26-14-24-7-6-22(31-24)12-20-4-5-21(30-20)13-23-8-9-25(32-23)16-28(27)33-26/h4-16,31,33H,1-3H3. The predicted molar refractivity (Wildman–Crippen MR) is 139 cm³/mol. The summed E-state index contributed by atoms with van der Waals surface area (Å²) in [4.78, 5) is 16.6. The smallest absolute Gasteiger partial charge is 0.0659 e. The van der Waals surface area contributed by atoms with E-state index in [2.05, 4.69) is 85.3 Å². The van der Waals surface area contributed by atoms with Crippen molar-refractivity contribution in [3.05, 3.63) is 94.1 Å². The third-order valence-electron chi connectivity index (χ3n) is 6.11. The molecular formula is C29H24N4. The van der Waals surface area contributed by atoms with Crippen LogP contribution in [0, 0.1) is 20.8 Å². The van der Waals surface area contributed by atoms with Gasteiger partial charge in [-0.1, -0.05) is 17.7 Å². The number of H-pyrrole nitrogens is 2. The number of nitrogens with zero attached hydrogens (tertiary/aromatic N) is 2. The largest absolute Gasteiger partial charge is 0.355 e. The molecule has 1 aromatic carbocycles. The first-order valence-corrected chi connectivity index (χ1v) is 11.2. The first kappa shape index (κ1) is 19.5. The summed E-state index contributed by atoms with van der Waals surface area (Å²) in [6.07, 6.45) is 8.14. The molecule has 5 heterocycles. The molecular weight excluding hydrogens is 404 g/mol. The quantitative estimate of drug-likeness (QED) is 0.290. The second kappa shape index (κ2) is 7.45. The van der Waals surface area contributed by atoms with Crippen LogP contribution in [0.4, 0.5) is 0 Å². The van der Waals surface area contributed by atoms with E-state index in [1.54, 1.807) is 0 Å². The lowest BCUT2D eigenvalue weighted by Crippen LogP contribution is -1.89. The van der Waals surface area contributed by atoms with Crippen LogP contribution in [-0.4, -0.2) is 19.9 Å². The molecule has 2 aliphatic heterocycles. The third kappa shape index (κ3) is 3.70. The van der Waals surface area contributed by atoms with Crippen molar-refractivity contribution in [2.45, 2.75) is 20.8 Å². The lowest BCUT2D eigenvalue weighted by atomic mass is 9.94. The summed E-state index contributed by atoms with van der Waals surface area (Å²) < 4.78 is 0. The summed E-state index contributed by atoms with van der Waals surface area (Å²) in [7, 11) is 0. The van der Waals surface area contributed by atoms with Crippen LogP contribution < -0.4 is 0 Å². The van der Waals surface area contributed by atoms with E-state index < -0.39 is 0 Å². The molecule has 0 amide bonds. The van der Waals surface area contributed by atoms with E-state index in [1.165, 1.54) is 27.8 Å². The molecule has 0 atom stereocenters. The van der Waals surface area contributed by atoms with Crippen molar-refractivity contribution in [2.24, 2.45) is 0 Å². The highest BCUT2D eigenvalue weighted by atomic mass is 14.8. The molecule has 8 bridgehead atoms. The van der Waals surface area contributed by atoms with Crippen molar-refractivity contribution >= 4 is 46.4 Å². The maximum absolute atomic E-state index is 4.81. The summed E-state index contributed by atoms with van der Waals surface area (Å²) in [5.74, 6) is 0. The fourth-order valence-corrected chi connectivity index (χ4v) is 4.83. The molecule has 0 fully saturated rings. The number of aryl methyl sites for hydroxylation is 3. The Kier molecular flexibility index (Phi) is 4.40. The highest BCUT2D eigenvalue weighted by molar-refractivity contribution is 5.90. The average molecular weight is 429 g/mol. The van der Waals surface area contributed by atoms with Gasteiger partial charge in [0.1, 0.15) is 0 Å². The summed E-state index contributed by atoms with van der Waals surface area (Å²) in [5, 5.41) is 0. The summed E-state index contributed by atoms with van der Waals surface area (Å²) in [6.45, 7) is 6.52. The van der Waals surface area contributed by atoms with Gasteiger partial charge in [-0.15, -0.1) is 0 Å². The Balaban J connectivity index is 1.69. The van der Waals surface area contributed by atoms with Crippen LogP contribution in [0.3, 0.4) is 0 Å². The van der Waals surface area contributed by atoms with Crippen molar-refractivity contribution in [3.8, 4) is 11.1 Å². The fourth-order valence-electron chi connectivity index (χ4n) is 4.83. The molecule has 33 heavy (non-hydrogen) atoms. The molecule has 0 saturated carbocycles. The van der Waals surface area contributed by atoms with E-state index in [-0.39, 0.29) is 0 Å².